The molecule has 0 bridgehead atoms. The highest BCUT2D eigenvalue weighted by Gasteiger charge is 2.17. The van der Waals surface area contributed by atoms with Gasteiger partial charge in [0.2, 0.25) is 10.0 Å². The molecule has 0 spiro atoms. The predicted molar refractivity (Wildman–Crippen MR) is 67.8 cm³/mol. The Balaban J connectivity index is 2.73. The van der Waals surface area contributed by atoms with Crippen LogP contribution in [-0.4, -0.2) is 39.3 Å². The molecule has 2 unspecified atom stereocenters. The zero-order chi connectivity index (χ0) is 13.8. The third-order valence-electron chi connectivity index (χ3n) is 2.50. The van der Waals surface area contributed by atoms with E-state index < -0.39 is 22.2 Å². The van der Waals surface area contributed by atoms with Crippen LogP contribution in [0.25, 0.3) is 0 Å². The molecule has 6 nitrogen and oxygen atoms in total. The summed E-state index contributed by atoms with van der Waals surface area (Å²) in [5.74, 6) is 0.578. The van der Waals surface area contributed by atoms with Crippen LogP contribution in [0.4, 0.5) is 0 Å². The molecule has 0 aliphatic heterocycles. The highest BCUT2D eigenvalue weighted by Crippen LogP contribution is 2.15. The second kappa shape index (κ2) is 6.14. The van der Waals surface area contributed by atoms with E-state index in [9.17, 15) is 13.5 Å². The summed E-state index contributed by atoms with van der Waals surface area (Å²) in [5.41, 5.74) is 5.55. The molecule has 0 saturated heterocycles. The number of aliphatic hydroxyl groups is 1. The molecule has 1 rings (SSSR count). The maximum atomic E-state index is 11.9. The van der Waals surface area contributed by atoms with E-state index >= 15 is 0 Å². The standard InChI is InChI=1S/C11H18N2O4S/c1-8(14)11(12)7-13-18(15,16)10-5-3-9(17-2)4-6-10/h3-6,8,11,13-14H,7,12H2,1-2H3. The Bertz CT molecular complexity index is 470. The van der Waals surface area contributed by atoms with Gasteiger partial charge < -0.3 is 15.6 Å². The van der Waals surface area contributed by atoms with Gasteiger partial charge in [0.15, 0.2) is 0 Å². The van der Waals surface area contributed by atoms with Crippen molar-refractivity contribution in [2.45, 2.75) is 24.0 Å². The Morgan fingerprint density at radius 1 is 1.39 bits per heavy atom. The van der Waals surface area contributed by atoms with E-state index in [1.807, 2.05) is 0 Å². The highest BCUT2D eigenvalue weighted by molar-refractivity contribution is 7.89. The molecule has 0 radical (unpaired) electrons. The lowest BCUT2D eigenvalue weighted by Crippen LogP contribution is -2.43. The van der Waals surface area contributed by atoms with Crippen LogP contribution in [0, 0.1) is 0 Å². The molecule has 0 heterocycles. The van der Waals surface area contributed by atoms with Crippen LogP contribution in [0.3, 0.4) is 0 Å². The molecule has 1 aromatic rings. The fraction of sp³-hybridized carbons (Fsp3) is 0.455. The largest absolute Gasteiger partial charge is 0.497 e. The maximum absolute atomic E-state index is 11.9. The van der Waals surface area contributed by atoms with Gasteiger partial charge in [-0.1, -0.05) is 0 Å². The minimum Gasteiger partial charge on any atom is -0.497 e. The van der Waals surface area contributed by atoms with Crippen LogP contribution in [0.2, 0.25) is 0 Å². The molecule has 2 atom stereocenters. The average Bonchev–Trinajstić information content (AvgIpc) is 2.36. The number of ether oxygens (including phenoxy) is 1. The Kier molecular flexibility index (Phi) is 5.09. The molecule has 7 heteroatoms. The van der Waals surface area contributed by atoms with Gasteiger partial charge in [0, 0.05) is 12.6 Å². The van der Waals surface area contributed by atoms with E-state index in [2.05, 4.69) is 4.72 Å². The molecule has 0 aliphatic carbocycles. The normalized spacial score (nSPS) is 15.1. The van der Waals surface area contributed by atoms with Gasteiger partial charge in [0.25, 0.3) is 0 Å². The third-order valence-corrected chi connectivity index (χ3v) is 3.94. The van der Waals surface area contributed by atoms with Crippen molar-refractivity contribution in [3.05, 3.63) is 24.3 Å². The number of hydrogen-bond acceptors (Lipinski definition) is 5. The number of rotatable bonds is 6. The molecule has 0 saturated carbocycles. The lowest BCUT2D eigenvalue weighted by atomic mass is 10.2. The van der Waals surface area contributed by atoms with Gasteiger partial charge in [0.1, 0.15) is 5.75 Å². The number of nitrogens with two attached hydrogens (primary N) is 1. The van der Waals surface area contributed by atoms with E-state index in [-0.39, 0.29) is 11.4 Å². The van der Waals surface area contributed by atoms with E-state index in [0.717, 1.165) is 0 Å². The smallest absolute Gasteiger partial charge is 0.240 e. The number of sulfonamides is 1. The minimum absolute atomic E-state index is 0.0218. The quantitative estimate of drug-likeness (QED) is 0.660. The van der Waals surface area contributed by atoms with Gasteiger partial charge in [-0.2, -0.15) is 0 Å². The fourth-order valence-corrected chi connectivity index (χ4v) is 2.29. The summed E-state index contributed by atoms with van der Waals surface area (Å²) in [5, 5.41) is 9.18. The predicted octanol–water partition coefficient (Wildman–Crippen LogP) is -0.318. The second-order valence-electron chi connectivity index (χ2n) is 3.93. The first-order valence-electron chi connectivity index (χ1n) is 5.44. The Morgan fingerprint density at radius 2 is 1.94 bits per heavy atom. The molecular weight excluding hydrogens is 256 g/mol. The van der Waals surface area contributed by atoms with Gasteiger partial charge in [-0.3, -0.25) is 0 Å². The third kappa shape index (κ3) is 3.95. The average molecular weight is 274 g/mol. The number of nitrogens with one attached hydrogen (secondary N) is 1. The van der Waals surface area contributed by atoms with Crippen molar-refractivity contribution in [1.82, 2.24) is 4.72 Å². The van der Waals surface area contributed by atoms with Crippen LogP contribution in [0.5, 0.6) is 5.75 Å². The summed E-state index contributed by atoms with van der Waals surface area (Å²) >= 11 is 0. The molecule has 18 heavy (non-hydrogen) atoms. The van der Waals surface area contributed by atoms with Crippen molar-refractivity contribution in [3.8, 4) is 5.75 Å². The number of benzene rings is 1. The van der Waals surface area contributed by atoms with Crippen molar-refractivity contribution < 1.29 is 18.3 Å². The van der Waals surface area contributed by atoms with E-state index in [1.54, 1.807) is 12.1 Å². The summed E-state index contributed by atoms with van der Waals surface area (Å²) in [6.45, 7) is 1.48. The van der Waals surface area contributed by atoms with E-state index in [4.69, 9.17) is 10.5 Å². The molecular formula is C11H18N2O4S. The molecule has 0 amide bonds. The summed E-state index contributed by atoms with van der Waals surface area (Å²) in [6, 6.07) is 5.36. The zero-order valence-corrected chi connectivity index (χ0v) is 11.1. The first kappa shape index (κ1) is 14.9. The van der Waals surface area contributed by atoms with Gasteiger partial charge >= 0.3 is 0 Å². The number of hydrogen-bond donors (Lipinski definition) is 3. The molecule has 0 aliphatic rings. The highest BCUT2D eigenvalue weighted by atomic mass is 32.2. The Hall–Kier alpha value is -1.15. The molecule has 102 valence electrons. The van der Waals surface area contributed by atoms with Crippen molar-refractivity contribution >= 4 is 10.0 Å². The Morgan fingerprint density at radius 3 is 2.39 bits per heavy atom. The SMILES string of the molecule is COc1ccc(S(=O)(=O)NCC(N)C(C)O)cc1. The monoisotopic (exact) mass is 274 g/mol. The minimum atomic E-state index is -3.61. The van der Waals surface area contributed by atoms with Crippen LogP contribution < -0.4 is 15.2 Å². The molecule has 0 aromatic heterocycles. The van der Waals surface area contributed by atoms with Crippen LogP contribution in [-0.2, 0) is 10.0 Å². The molecule has 1 aromatic carbocycles. The van der Waals surface area contributed by atoms with Gasteiger partial charge in [-0.25, -0.2) is 13.1 Å². The van der Waals surface area contributed by atoms with E-state index in [1.165, 1.54) is 26.2 Å². The topological polar surface area (TPSA) is 102 Å². The zero-order valence-electron chi connectivity index (χ0n) is 10.3. The summed E-state index contributed by atoms with van der Waals surface area (Å²) < 4.78 is 31.0. The van der Waals surface area contributed by atoms with E-state index in [0.29, 0.717) is 5.75 Å². The van der Waals surface area contributed by atoms with Crippen LogP contribution in [0.15, 0.2) is 29.2 Å². The summed E-state index contributed by atoms with van der Waals surface area (Å²) in [7, 11) is -2.11. The van der Waals surface area contributed by atoms with Gasteiger partial charge in [-0.05, 0) is 31.2 Å². The van der Waals surface area contributed by atoms with Gasteiger partial charge in [-0.15, -0.1) is 0 Å². The second-order valence-corrected chi connectivity index (χ2v) is 5.70. The van der Waals surface area contributed by atoms with Gasteiger partial charge in [0.05, 0.1) is 18.1 Å². The Labute approximate surface area is 107 Å². The summed E-state index contributed by atoms with van der Waals surface area (Å²) in [6.07, 6.45) is -0.774. The van der Waals surface area contributed by atoms with Crippen molar-refractivity contribution in [3.63, 3.8) is 0 Å². The lowest BCUT2D eigenvalue weighted by molar-refractivity contribution is 0.164. The molecule has 0 fully saturated rings. The number of aliphatic hydroxyl groups excluding tert-OH is 1. The van der Waals surface area contributed by atoms with Crippen LogP contribution in [0.1, 0.15) is 6.92 Å². The van der Waals surface area contributed by atoms with Crippen molar-refractivity contribution in [2.75, 3.05) is 13.7 Å². The van der Waals surface area contributed by atoms with Crippen molar-refractivity contribution in [1.29, 1.82) is 0 Å². The van der Waals surface area contributed by atoms with Crippen molar-refractivity contribution in [2.24, 2.45) is 5.73 Å². The first-order valence-corrected chi connectivity index (χ1v) is 6.92. The lowest BCUT2D eigenvalue weighted by Gasteiger charge is -2.15. The first-order chi connectivity index (χ1) is 8.36. The van der Waals surface area contributed by atoms with Crippen LogP contribution >= 0.6 is 0 Å². The fourth-order valence-electron chi connectivity index (χ4n) is 1.21. The maximum Gasteiger partial charge on any atom is 0.240 e. The molecule has 4 N–H and O–H groups in total. The number of methoxy groups -OCH3 is 1. The summed E-state index contributed by atoms with van der Waals surface area (Å²) in [4.78, 5) is 0.126.